The predicted molar refractivity (Wildman–Crippen MR) is 158 cm³/mol. The number of rotatable bonds is 13. The second-order valence-electron chi connectivity index (χ2n) is 13.2. The Morgan fingerprint density at radius 2 is 1.49 bits per heavy atom. The van der Waals surface area contributed by atoms with E-state index in [9.17, 15) is 24.3 Å². The Morgan fingerprint density at radius 3 is 2.02 bits per heavy atom. The Kier molecular flexibility index (Phi) is 9.37. The van der Waals surface area contributed by atoms with Crippen LogP contribution >= 0.6 is 0 Å². The summed E-state index contributed by atoms with van der Waals surface area (Å²) in [6.45, 7) is 3.74. The van der Waals surface area contributed by atoms with Gasteiger partial charge in [0.2, 0.25) is 11.8 Å². The van der Waals surface area contributed by atoms with Crippen LogP contribution in [0.4, 0.5) is 4.79 Å². The first-order valence-electron chi connectivity index (χ1n) is 15.4. The van der Waals surface area contributed by atoms with Gasteiger partial charge in [-0.05, 0) is 74.2 Å². The van der Waals surface area contributed by atoms with Crippen molar-refractivity contribution in [3.63, 3.8) is 0 Å². The fourth-order valence-corrected chi connectivity index (χ4v) is 7.65. The number of hydrogen-bond acceptors (Lipinski definition) is 6. The highest BCUT2D eigenvalue weighted by Gasteiger charge is 2.53. The predicted octanol–water partition coefficient (Wildman–Crippen LogP) is 3.36. The molecule has 0 unspecified atom stereocenters. The van der Waals surface area contributed by atoms with E-state index in [0.717, 1.165) is 24.8 Å². The molecule has 4 saturated carbocycles. The van der Waals surface area contributed by atoms with Crippen LogP contribution in [0, 0.1) is 23.7 Å². The lowest BCUT2D eigenvalue weighted by Gasteiger charge is -2.55. The lowest BCUT2D eigenvalue weighted by Crippen LogP contribution is -2.58. The van der Waals surface area contributed by atoms with Gasteiger partial charge in [0.05, 0.1) is 6.33 Å². The summed E-state index contributed by atoms with van der Waals surface area (Å²) in [7, 11) is 0. The number of benzene rings is 1. The molecule has 4 aliphatic carbocycles. The van der Waals surface area contributed by atoms with Crippen LogP contribution in [0.2, 0.25) is 0 Å². The molecule has 4 fully saturated rings. The topological polar surface area (TPSA) is 163 Å². The molecule has 43 heavy (non-hydrogen) atoms. The van der Waals surface area contributed by atoms with Gasteiger partial charge in [-0.25, -0.2) is 14.6 Å². The van der Waals surface area contributed by atoms with E-state index in [1.165, 1.54) is 31.8 Å². The molecule has 3 amide bonds. The summed E-state index contributed by atoms with van der Waals surface area (Å²) >= 11 is 0. The van der Waals surface area contributed by atoms with Crippen molar-refractivity contribution in [2.24, 2.45) is 23.7 Å². The molecular weight excluding hydrogens is 550 g/mol. The first-order valence-corrected chi connectivity index (χ1v) is 15.4. The van der Waals surface area contributed by atoms with E-state index in [1.807, 2.05) is 44.2 Å². The Morgan fingerprint density at radius 1 is 0.907 bits per heavy atom. The summed E-state index contributed by atoms with van der Waals surface area (Å²) in [5.41, 5.74) is 0.943. The number of carbonyl (C=O) groups excluding carboxylic acids is 3. The van der Waals surface area contributed by atoms with Crippen LogP contribution in [0.15, 0.2) is 42.9 Å². The van der Waals surface area contributed by atoms with Crippen LogP contribution in [0.3, 0.4) is 0 Å². The van der Waals surface area contributed by atoms with Gasteiger partial charge in [0.1, 0.15) is 23.7 Å². The fraction of sp³-hybridized carbons (Fsp3) is 0.594. The Bertz CT molecular complexity index is 1250. The molecule has 0 aliphatic heterocycles. The lowest BCUT2D eigenvalue weighted by atomic mass is 9.54. The summed E-state index contributed by atoms with van der Waals surface area (Å²) in [4.78, 5) is 59.3. The highest BCUT2D eigenvalue weighted by atomic mass is 16.6. The van der Waals surface area contributed by atoms with Gasteiger partial charge in [0.15, 0.2) is 0 Å². The highest BCUT2D eigenvalue weighted by molar-refractivity contribution is 5.93. The summed E-state index contributed by atoms with van der Waals surface area (Å²) in [6, 6.07) is 6.07. The number of carboxylic acid groups (broad SMARTS) is 1. The van der Waals surface area contributed by atoms with E-state index in [0.29, 0.717) is 23.4 Å². The fourth-order valence-electron chi connectivity index (χ4n) is 7.65. The average Bonchev–Trinajstić information content (AvgIpc) is 3.44. The van der Waals surface area contributed by atoms with Crippen LogP contribution in [0.5, 0.6) is 0 Å². The van der Waals surface area contributed by atoms with Gasteiger partial charge >= 0.3 is 12.1 Å². The first-order chi connectivity index (χ1) is 20.6. The van der Waals surface area contributed by atoms with Gasteiger partial charge in [0, 0.05) is 24.7 Å². The van der Waals surface area contributed by atoms with Crippen molar-refractivity contribution in [2.45, 2.75) is 95.4 Å². The summed E-state index contributed by atoms with van der Waals surface area (Å²) in [5.74, 6) is -0.544. The molecule has 4 aliphatic rings. The van der Waals surface area contributed by atoms with Crippen molar-refractivity contribution in [1.82, 2.24) is 25.9 Å². The van der Waals surface area contributed by atoms with E-state index in [2.05, 4.69) is 25.9 Å². The minimum absolute atomic E-state index is 0.0292. The normalized spacial score (nSPS) is 25.9. The molecule has 0 spiro atoms. The third kappa shape index (κ3) is 7.94. The number of hydrogen-bond donors (Lipinski definition) is 5. The quantitative estimate of drug-likeness (QED) is 0.238. The second-order valence-corrected chi connectivity index (χ2v) is 13.2. The third-order valence-corrected chi connectivity index (χ3v) is 9.12. The van der Waals surface area contributed by atoms with Crippen molar-refractivity contribution in [1.29, 1.82) is 0 Å². The van der Waals surface area contributed by atoms with Gasteiger partial charge in [-0.1, -0.05) is 44.2 Å². The van der Waals surface area contributed by atoms with Crippen molar-refractivity contribution >= 4 is 23.9 Å². The molecule has 11 nitrogen and oxygen atoms in total. The molecule has 232 valence electrons. The number of alkyl carbamates (subject to hydrolysis) is 1. The molecule has 0 saturated heterocycles. The summed E-state index contributed by atoms with van der Waals surface area (Å²) < 4.78 is 6.13. The van der Waals surface area contributed by atoms with Gasteiger partial charge in [0.25, 0.3) is 0 Å². The SMILES string of the molecule is CC(C)C[C@H](NC(=O)[C@H](Cc1cnc[nH]1)NC(=O)[C@H](Cc1ccccc1)NC(=O)OC12CC3CC(CC(C3)C1)C2)C(=O)O. The molecule has 4 bridgehead atoms. The average molecular weight is 594 g/mol. The van der Waals surface area contributed by atoms with Crippen LogP contribution in [-0.4, -0.2) is 62.7 Å². The van der Waals surface area contributed by atoms with Crippen LogP contribution in [0.25, 0.3) is 0 Å². The maximum atomic E-state index is 13.8. The molecule has 1 aromatic carbocycles. The molecule has 11 heteroatoms. The maximum absolute atomic E-state index is 13.8. The molecule has 6 rings (SSSR count). The number of aromatic nitrogens is 2. The van der Waals surface area contributed by atoms with Gasteiger partial charge < -0.3 is 30.8 Å². The van der Waals surface area contributed by atoms with Crippen molar-refractivity contribution in [3.05, 3.63) is 54.1 Å². The Balaban J connectivity index is 1.31. The molecule has 3 atom stereocenters. The molecule has 2 aromatic rings. The number of carboxylic acids is 1. The van der Waals surface area contributed by atoms with Crippen molar-refractivity contribution in [2.75, 3.05) is 0 Å². The molecule has 0 radical (unpaired) electrons. The number of imidazole rings is 1. The van der Waals surface area contributed by atoms with E-state index < -0.39 is 47.6 Å². The molecule has 1 heterocycles. The van der Waals surface area contributed by atoms with Crippen molar-refractivity contribution < 1.29 is 29.0 Å². The number of H-pyrrole nitrogens is 1. The molecule has 5 N–H and O–H groups in total. The zero-order chi connectivity index (χ0) is 30.6. The number of aliphatic carboxylic acids is 1. The van der Waals surface area contributed by atoms with E-state index >= 15 is 0 Å². The number of aromatic amines is 1. The number of nitrogens with zero attached hydrogens (tertiary/aromatic N) is 1. The zero-order valence-corrected chi connectivity index (χ0v) is 24.9. The number of nitrogens with one attached hydrogen (secondary N) is 4. The highest BCUT2D eigenvalue weighted by Crippen LogP contribution is 2.57. The summed E-state index contributed by atoms with van der Waals surface area (Å²) in [5, 5.41) is 17.8. The lowest BCUT2D eigenvalue weighted by molar-refractivity contribution is -0.142. The van der Waals surface area contributed by atoms with E-state index in [4.69, 9.17) is 4.74 Å². The van der Waals surface area contributed by atoms with E-state index in [-0.39, 0.29) is 25.2 Å². The second kappa shape index (κ2) is 13.2. The minimum atomic E-state index is -1.15. The molecule has 1 aromatic heterocycles. The van der Waals surface area contributed by atoms with Crippen LogP contribution < -0.4 is 16.0 Å². The van der Waals surface area contributed by atoms with Gasteiger partial charge in [-0.3, -0.25) is 9.59 Å². The van der Waals surface area contributed by atoms with Gasteiger partial charge in [-0.15, -0.1) is 0 Å². The minimum Gasteiger partial charge on any atom is -0.480 e. The molecular formula is C32H43N5O6. The van der Waals surface area contributed by atoms with Crippen LogP contribution in [0.1, 0.15) is 70.1 Å². The van der Waals surface area contributed by atoms with Gasteiger partial charge in [-0.2, -0.15) is 0 Å². The standard InChI is InChI=1S/C32H43N5O6/c1-19(2)8-27(30(40)41)36-29(39)26(13-24-17-33-18-34-24)35-28(38)25(12-20-6-4-3-5-7-20)37-31(42)43-32-14-21-9-22(15-32)11-23(10-21)16-32/h3-7,17-19,21-23,25-27H,8-16H2,1-2H3,(H,33,34)(H,35,38)(H,36,39)(H,37,42)(H,40,41)/t21?,22?,23?,25-,26-,27-,32?/m0/s1. The van der Waals surface area contributed by atoms with Crippen LogP contribution in [-0.2, 0) is 32.0 Å². The first kappa shape index (κ1) is 30.6. The van der Waals surface area contributed by atoms with E-state index in [1.54, 1.807) is 0 Å². The zero-order valence-electron chi connectivity index (χ0n) is 24.9. The largest absolute Gasteiger partial charge is 0.480 e. The smallest absolute Gasteiger partial charge is 0.408 e. The monoisotopic (exact) mass is 593 g/mol. The summed E-state index contributed by atoms with van der Waals surface area (Å²) in [6.07, 6.45) is 9.10. The third-order valence-electron chi connectivity index (χ3n) is 9.12. The Hall–Kier alpha value is -3.89. The maximum Gasteiger partial charge on any atom is 0.408 e. The number of carbonyl (C=O) groups is 4. The number of ether oxygens (including phenoxy) is 1. The Labute approximate surface area is 251 Å². The van der Waals surface area contributed by atoms with Crippen molar-refractivity contribution in [3.8, 4) is 0 Å². The number of amides is 3.